The Morgan fingerprint density at radius 2 is 1.73 bits per heavy atom. The Kier molecular flexibility index (Phi) is 8.75. The Labute approximate surface area is 198 Å². The summed E-state index contributed by atoms with van der Waals surface area (Å²) in [5.74, 6) is 0.598. The molecule has 0 amide bonds. The molecule has 33 heavy (non-hydrogen) atoms. The van der Waals surface area contributed by atoms with E-state index in [2.05, 4.69) is 29.0 Å². The third-order valence-corrected chi connectivity index (χ3v) is 6.22. The van der Waals surface area contributed by atoms with Crippen LogP contribution in [-0.2, 0) is 11.3 Å². The number of hydrogen-bond donors (Lipinski definition) is 1. The fraction of sp³-hybridized carbons (Fsp3) is 0.519. The minimum atomic E-state index is -0.626. The second-order valence-electron chi connectivity index (χ2n) is 9.25. The highest BCUT2D eigenvalue weighted by Gasteiger charge is 2.32. The van der Waals surface area contributed by atoms with Gasteiger partial charge in [0, 0.05) is 38.9 Å². The quantitative estimate of drug-likeness (QED) is 0.533. The van der Waals surface area contributed by atoms with Gasteiger partial charge in [-0.2, -0.15) is 0 Å². The van der Waals surface area contributed by atoms with Crippen LogP contribution in [0, 0.1) is 0 Å². The van der Waals surface area contributed by atoms with E-state index in [9.17, 15) is 9.90 Å². The summed E-state index contributed by atoms with van der Waals surface area (Å²) in [5, 5.41) is 11.1. The lowest BCUT2D eigenvalue weighted by Gasteiger charge is -2.39. The fourth-order valence-corrected chi connectivity index (χ4v) is 4.15. The van der Waals surface area contributed by atoms with E-state index in [1.165, 1.54) is 0 Å². The first kappa shape index (κ1) is 25.1. The summed E-state index contributed by atoms with van der Waals surface area (Å²) in [4.78, 5) is 16.4. The number of hydrogen-bond acceptors (Lipinski definition) is 6. The molecule has 0 unspecified atom stereocenters. The van der Waals surface area contributed by atoms with Crippen LogP contribution >= 0.6 is 0 Å². The number of carbonyl (C=O) groups excluding carboxylic acids is 1. The summed E-state index contributed by atoms with van der Waals surface area (Å²) in [6.45, 7) is 9.58. The number of aliphatic hydroxyl groups is 1. The van der Waals surface area contributed by atoms with Crippen LogP contribution < -0.4 is 9.64 Å². The van der Waals surface area contributed by atoms with Crippen LogP contribution in [-0.4, -0.2) is 61.0 Å². The van der Waals surface area contributed by atoms with Crippen molar-refractivity contribution in [2.24, 2.45) is 0 Å². The Morgan fingerprint density at radius 1 is 1.09 bits per heavy atom. The molecule has 2 aromatic rings. The van der Waals surface area contributed by atoms with Crippen molar-refractivity contribution in [3.63, 3.8) is 0 Å². The molecule has 0 radical (unpaired) electrons. The molecule has 1 saturated heterocycles. The molecule has 0 atom stereocenters. The van der Waals surface area contributed by atoms with Crippen molar-refractivity contribution >= 4 is 11.7 Å². The molecule has 6 nitrogen and oxygen atoms in total. The highest BCUT2D eigenvalue weighted by Crippen LogP contribution is 2.28. The summed E-state index contributed by atoms with van der Waals surface area (Å²) in [5.41, 5.74) is 2.25. The van der Waals surface area contributed by atoms with Crippen molar-refractivity contribution in [2.75, 3.05) is 38.2 Å². The van der Waals surface area contributed by atoms with Gasteiger partial charge < -0.3 is 19.5 Å². The summed E-state index contributed by atoms with van der Waals surface area (Å²) >= 11 is 0. The van der Waals surface area contributed by atoms with Crippen LogP contribution in [0.1, 0.15) is 56.0 Å². The van der Waals surface area contributed by atoms with Crippen LogP contribution in [0.3, 0.4) is 0 Å². The minimum Gasteiger partial charge on any atom is -0.491 e. The number of esters is 1. The third-order valence-electron chi connectivity index (χ3n) is 6.22. The van der Waals surface area contributed by atoms with Crippen molar-refractivity contribution in [1.82, 2.24) is 4.90 Å². The molecule has 3 rings (SSSR count). The fourth-order valence-electron chi connectivity index (χ4n) is 4.15. The monoisotopic (exact) mass is 454 g/mol. The zero-order valence-electron chi connectivity index (χ0n) is 20.4. The maximum absolute atomic E-state index is 11.8. The first-order valence-electron chi connectivity index (χ1n) is 12.0. The van der Waals surface area contributed by atoms with E-state index in [1.807, 2.05) is 57.2 Å². The molecular formula is C27H38N2O4. The van der Waals surface area contributed by atoms with Gasteiger partial charge in [0.1, 0.15) is 5.75 Å². The zero-order valence-corrected chi connectivity index (χ0v) is 20.4. The molecule has 180 valence electrons. The van der Waals surface area contributed by atoms with Crippen LogP contribution in [0.2, 0.25) is 0 Å². The molecule has 1 N–H and O–H groups in total. The lowest BCUT2D eigenvalue weighted by molar-refractivity contribution is -0.0275. The lowest BCUT2D eigenvalue weighted by atomic mass is 9.88. The van der Waals surface area contributed by atoms with Crippen molar-refractivity contribution in [1.29, 1.82) is 0 Å². The topological polar surface area (TPSA) is 62.2 Å². The number of ether oxygens (including phenoxy) is 2. The van der Waals surface area contributed by atoms with Gasteiger partial charge in [-0.3, -0.25) is 4.90 Å². The van der Waals surface area contributed by atoms with E-state index in [-0.39, 0.29) is 12.1 Å². The zero-order chi connectivity index (χ0) is 23.8. The normalized spacial score (nSPS) is 15.9. The molecule has 0 aromatic heterocycles. The Balaban J connectivity index is 1.44. The Hall–Kier alpha value is -2.57. The molecule has 0 aliphatic carbocycles. The van der Waals surface area contributed by atoms with Crippen LogP contribution in [0.4, 0.5) is 5.69 Å². The second-order valence-corrected chi connectivity index (χ2v) is 9.25. The highest BCUT2D eigenvalue weighted by molar-refractivity contribution is 5.89. The summed E-state index contributed by atoms with van der Waals surface area (Å²) in [6, 6.07) is 15.8. The Morgan fingerprint density at radius 3 is 2.30 bits per heavy atom. The second kappa shape index (κ2) is 11.5. The van der Waals surface area contributed by atoms with Gasteiger partial charge in [0.2, 0.25) is 0 Å². The molecule has 1 fully saturated rings. The third kappa shape index (κ3) is 7.47. The average Bonchev–Trinajstić information content (AvgIpc) is 2.80. The molecule has 0 spiro atoms. The van der Waals surface area contributed by atoms with Crippen molar-refractivity contribution in [3.05, 3.63) is 59.7 Å². The lowest BCUT2D eigenvalue weighted by Crippen LogP contribution is -2.45. The number of anilines is 1. The van der Waals surface area contributed by atoms with Crippen molar-refractivity contribution < 1.29 is 19.4 Å². The van der Waals surface area contributed by atoms with Gasteiger partial charge in [-0.05, 0) is 82.0 Å². The molecule has 1 aliphatic heterocycles. The minimum absolute atomic E-state index is 0.164. The van der Waals surface area contributed by atoms with Gasteiger partial charge in [0.05, 0.1) is 23.9 Å². The van der Waals surface area contributed by atoms with Gasteiger partial charge >= 0.3 is 5.97 Å². The predicted octanol–water partition coefficient (Wildman–Crippen LogP) is 4.50. The molecule has 1 heterocycles. The molecule has 6 heteroatoms. The average molecular weight is 455 g/mol. The molecule has 0 bridgehead atoms. The summed E-state index contributed by atoms with van der Waals surface area (Å²) < 4.78 is 10.8. The SMILES string of the molecule is CCOC(=O)c1ccc(CN2CCC(O)(CCN(C)c3ccc(OC(C)C)cc3)CC2)cc1. The molecule has 2 aromatic carbocycles. The van der Waals surface area contributed by atoms with Crippen molar-refractivity contribution in [3.8, 4) is 5.75 Å². The van der Waals surface area contributed by atoms with Gasteiger partial charge in [-0.1, -0.05) is 12.1 Å². The first-order valence-corrected chi connectivity index (χ1v) is 12.0. The van der Waals surface area contributed by atoms with E-state index in [4.69, 9.17) is 9.47 Å². The maximum Gasteiger partial charge on any atom is 0.338 e. The van der Waals surface area contributed by atoms with E-state index >= 15 is 0 Å². The largest absolute Gasteiger partial charge is 0.491 e. The predicted molar refractivity (Wildman–Crippen MR) is 132 cm³/mol. The number of piperidine rings is 1. The maximum atomic E-state index is 11.8. The Bertz CT molecular complexity index is 872. The number of rotatable bonds is 10. The first-order chi connectivity index (χ1) is 15.8. The van der Waals surface area contributed by atoms with E-state index in [0.29, 0.717) is 12.2 Å². The van der Waals surface area contributed by atoms with E-state index in [0.717, 1.165) is 62.4 Å². The number of carbonyl (C=O) groups is 1. The number of nitrogens with zero attached hydrogens (tertiary/aromatic N) is 2. The van der Waals surface area contributed by atoms with Crippen LogP contribution in [0.5, 0.6) is 5.75 Å². The van der Waals surface area contributed by atoms with E-state index < -0.39 is 5.60 Å². The molecular weight excluding hydrogens is 416 g/mol. The standard InChI is InChI=1S/C27H38N2O4/c1-5-32-26(30)23-8-6-22(7-9-23)20-29-18-15-27(31,16-19-29)14-17-28(4)24-10-12-25(13-11-24)33-21(2)3/h6-13,21,31H,5,14-20H2,1-4H3. The highest BCUT2D eigenvalue weighted by atomic mass is 16.5. The summed E-state index contributed by atoms with van der Waals surface area (Å²) in [6.07, 6.45) is 2.44. The molecule has 0 saturated carbocycles. The number of likely N-dealkylation sites (tertiary alicyclic amines) is 1. The van der Waals surface area contributed by atoms with Crippen LogP contribution in [0.15, 0.2) is 48.5 Å². The van der Waals surface area contributed by atoms with Crippen molar-refractivity contribution in [2.45, 2.75) is 58.3 Å². The van der Waals surface area contributed by atoms with E-state index in [1.54, 1.807) is 0 Å². The van der Waals surface area contributed by atoms with Gasteiger partial charge in [0.15, 0.2) is 0 Å². The smallest absolute Gasteiger partial charge is 0.338 e. The van der Waals surface area contributed by atoms with Gasteiger partial charge in [0.25, 0.3) is 0 Å². The number of benzene rings is 2. The summed E-state index contributed by atoms with van der Waals surface area (Å²) in [7, 11) is 2.07. The molecule has 1 aliphatic rings. The van der Waals surface area contributed by atoms with Gasteiger partial charge in [-0.25, -0.2) is 4.79 Å². The van der Waals surface area contributed by atoms with Crippen LogP contribution in [0.25, 0.3) is 0 Å². The van der Waals surface area contributed by atoms with Gasteiger partial charge in [-0.15, -0.1) is 0 Å².